The predicted octanol–water partition coefficient (Wildman–Crippen LogP) is 1.57. The predicted molar refractivity (Wildman–Crippen MR) is 92.7 cm³/mol. The molecule has 2 N–H and O–H groups in total. The van der Waals surface area contributed by atoms with Crippen LogP contribution in [0.5, 0.6) is 5.75 Å². The van der Waals surface area contributed by atoms with Gasteiger partial charge in [-0.3, -0.25) is 10.0 Å². The highest BCUT2D eigenvalue weighted by molar-refractivity contribution is 7.59. The number of rotatable bonds is 1. The fraction of sp³-hybridized carbons (Fsp3) is 0.500. The second-order valence-electron chi connectivity index (χ2n) is 6.34. The molecule has 0 aliphatic carbocycles. The lowest BCUT2D eigenvalue weighted by Crippen LogP contribution is -2.56. The van der Waals surface area contributed by atoms with Crippen molar-refractivity contribution in [2.24, 2.45) is 5.92 Å². The molecule has 2 aliphatic rings. The summed E-state index contributed by atoms with van der Waals surface area (Å²) in [5, 5.41) is 8.72. The number of hydrogen-bond acceptors (Lipinski definition) is 4. The number of likely N-dealkylation sites (tertiary alicyclic amines) is 1. The highest BCUT2D eigenvalue weighted by atomic mass is 32.1. The summed E-state index contributed by atoms with van der Waals surface area (Å²) in [6.07, 6.45) is 0. The molecular formula is C16H23N3O4S. The van der Waals surface area contributed by atoms with Crippen molar-refractivity contribution in [2.75, 3.05) is 19.7 Å². The van der Waals surface area contributed by atoms with Gasteiger partial charge in [0.2, 0.25) is 0 Å². The van der Waals surface area contributed by atoms with Gasteiger partial charge < -0.3 is 14.5 Å². The molecule has 1 fully saturated rings. The lowest BCUT2D eigenvalue weighted by atomic mass is 10.0. The van der Waals surface area contributed by atoms with Crippen LogP contribution in [0.1, 0.15) is 29.8 Å². The molecule has 3 amide bonds. The first-order chi connectivity index (χ1) is 11.0. The van der Waals surface area contributed by atoms with Crippen LogP contribution in [-0.2, 0) is 6.54 Å². The van der Waals surface area contributed by atoms with E-state index in [0.717, 1.165) is 18.7 Å². The summed E-state index contributed by atoms with van der Waals surface area (Å²) in [7, 11) is 0. The van der Waals surface area contributed by atoms with Gasteiger partial charge in [0.25, 0.3) is 5.91 Å². The van der Waals surface area contributed by atoms with Crippen LogP contribution in [0.4, 0.5) is 4.79 Å². The molecule has 1 saturated heterocycles. The van der Waals surface area contributed by atoms with Crippen LogP contribution >= 0.6 is 13.5 Å². The van der Waals surface area contributed by atoms with E-state index in [2.05, 4.69) is 6.92 Å². The van der Waals surface area contributed by atoms with Gasteiger partial charge in [-0.05, 0) is 25.0 Å². The summed E-state index contributed by atoms with van der Waals surface area (Å²) in [6.45, 7) is 6.49. The summed E-state index contributed by atoms with van der Waals surface area (Å²) in [5.74, 6) is 0.547. The Morgan fingerprint density at radius 1 is 1.29 bits per heavy atom. The maximum atomic E-state index is 12.6. The monoisotopic (exact) mass is 353 g/mol. The number of carbonyl (C=O) groups excluding carboxylic acids is 2. The minimum atomic E-state index is -0.587. The number of nitrogens with one attached hydrogen (secondary N) is 1. The van der Waals surface area contributed by atoms with Crippen LogP contribution in [0, 0.1) is 5.92 Å². The molecule has 1 aromatic carbocycles. The minimum absolute atomic E-state index is 0. The Bertz CT molecular complexity index is 634. The van der Waals surface area contributed by atoms with E-state index in [0.29, 0.717) is 30.4 Å². The molecule has 0 radical (unpaired) electrons. The SMILES string of the molecule is CC1CN(C(=O)N2Cc3ccc(C(=O)NO)cc3OC[C@@H]2C)C1.S. The van der Waals surface area contributed by atoms with Gasteiger partial charge in [-0.1, -0.05) is 13.0 Å². The van der Waals surface area contributed by atoms with Crippen molar-refractivity contribution >= 4 is 25.4 Å². The number of hydrogen-bond donors (Lipinski definition) is 2. The van der Waals surface area contributed by atoms with Crippen molar-refractivity contribution in [1.29, 1.82) is 0 Å². The van der Waals surface area contributed by atoms with Gasteiger partial charge in [-0.2, -0.15) is 13.5 Å². The smallest absolute Gasteiger partial charge is 0.320 e. The zero-order chi connectivity index (χ0) is 16.6. The van der Waals surface area contributed by atoms with Gasteiger partial charge >= 0.3 is 6.03 Å². The summed E-state index contributed by atoms with van der Waals surface area (Å²) < 4.78 is 5.75. The average Bonchev–Trinajstić information content (AvgIpc) is 2.69. The molecule has 1 aromatic rings. The van der Waals surface area contributed by atoms with E-state index in [4.69, 9.17) is 9.94 Å². The fourth-order valence-corrected chi connectivity index (χ4v) is 2.96. The number of urea groups is 1. The van der Waals surface area contributed by atoms with Gasteiger partial charge in [0, 0.05) is 24.2 Å². The van der Waals surface area contributed by atoms with Gasteiger partial charge in [-0.25, -0.2) is 10.3 Å². The molecule has 132 valence electrons. The first kappa shape index (κ1) is 18.4. The number of carbonyl (C=O) groups is 2. The van der Waals surface area contributed by atoms with Crippen molar-refractivity contribution in [1.82, 2.24) is 15.3 Å². The lowest BCUT2D eigenvalue weighted by Gasteiger charge is -2.41. The van der Waals surface area contributed by atoms with E-state index >= 15 is 0 Å². The first-order valence-corrected chi connectivity index (χ1v) is 7.75. The number of amides is 3. The standard InChI is InChI=1S/C16H21N3O4.H2S/c1-10-6-18(7-10)16(21)19-8-13-4-3-12(15(20)17-22)5-14(13)23-9-11(19)2;/h3-5,10-11,22H,6-9H2,1-2H3,(H,17,20);1H2/t11-;/m0./s1. The molecule has 1 atom stereocenters. The zero-order valence-corrected chi connectivity index (χ0v) is 14.8. The maximum Gasteiger partial charge on any atom is 0.320 e. The molecular weight excluding hydrogens is 330 g/mol. The van der Waals surface area contributed by atoms with Crippen LogP contribution in [0.25, 0.3) is 0 Å². The van der Waals surface area contributed by atoms with Gasteiger partial charge in [-0.15, -0.1) is 0 Å². The molecule has 2 heterocycles. The maximum absolute atomic E-state index is 12.6. The fourth-order valence-electron chi connectivity index (χ4n) is 2.96. The van der Waals surface area contributed by atoms with Crippen molar-refractivity contribution < 1.29 is 19.5 Å². The highest BCUT2D eigenvalue weighted by Gasteiger charge is 2.34. The number of fused-ring (bicyclic) bond motifs is 1. The third-order valence-electron chi connectivity index (χ3n) is 4.36. The molecule has 24 heavy (non-hydrogen) atoms. The third kappa shape index (κ3) is 3.44. The molecule has 0 saturated carbocycles. The highest BCUT2D eigenvalue weighted by Crippen LogP contribution is 2.28. The van der Waals surface area contributed by atoms with E-state index < -0.39 is 5.91 Å². The molecule has 0 unspecified atom stereocenters. The summed E-state index contributed by atoms with van der Waals surface area (Å²) >= 11 is 0. The summed E-state index contributed by atoms with van der Waals surface area (Å²) in [6, 6.07) is 4.94. The summed E-state index contributed by atoms with van der Waals surface area (Å²) in [5.41, 5.74) is 2.78. The molecule has 7 nitrogen and oxygen atoms in total. The first-order valence-electron chi connectivity index (χ1n) is 7.75. The normalized spacial score (nSPS) is 20.0. The topological polar surface area (TPSA) is 82.1 Å². The number of ether oxygens (including phenoxy) is 1. The van der Waals surface area contributed by atoms with Crippen molar-refractivity contribution in [2.45, 2.75) is 26.4 Å². The average molecular weight is 353 g/mol. The second kappa shape index (κ2) is 7.31. The third-order valence-corrected chi connectivity index (χ3v) is 4.36. The van der Waals surface area contributed by atoms with Gasteiger partial charge in [0.05, 0.1) is 12.6 Å². The second-order valence-corrected chi connectivity index (χ2v) is 6.34. The van der Waals surface area contributed by atoms with Crippen molar-refractivity contribution in [3.05, 3.63) is 29.3 Å². The Labute approximate surface area is 148 Å². The van der Waals surface area contributed by atoms with E-state index in [1.165, 1.54) is 0 Å². The van der Waals surface area contributed by atoms with Crippen LogP contribution in [0.15, 0.2) is 18.2 Å². The van der Waals surface area contributed by atoms with Crippen molar-refractivity contribution in [3.63, 3.8) is 0 Å². The van der Waals surface area contributed by atoms with Crippen molar-refractivity contribution in [3.8, 4) is 5.75 Å². The molecule has 0 bridgehead atoms. The molecule has 2 aliphatic heterocycles. The van der Waals surface area contributed by atoms with E-state index in [1.54, 1.807) is 23.7 Å². The van der Waals surface area contributed by atoms with E-state index in [9.17, 15) is 9.59 Å². The molecule has 8 heteroatoms. The Hall–Kier alpha value is -1.93. The quantitative estimate of drug-likeness (QED) is 0.593. The van der Waals surface area contributed by atoms with Gasteiger partial charge in [0.15, 0.2) is 0 Å². The van der Waals surface area contributed by atoms with Gasteiger partial charge in [0.1, 0.15) is 12.4 Å². The lowest BCUT2D eigenvalue weighted by molar-refractivity contribution is 0.0706. The van der Waals surface area contributed by atoms with E-state index in [1.807, 2.05) is 16.7 Å². The number of hydroxylamine groups is 1. The minimum Gasteiger partial charge on any atom is -0.491 e. The largest absolute Gasteiger partial charge is 0.491 e. The molecule has 0 aromatic heterocycles. The molecule has 3 rings (SSSR count). The van der Waals surface area contributed by atoms with Crippen LogP contribution in [0.2, 0.25) is 0 Å². The Balaban J connectivity index is 0.00000208. The van der Waals surface area contributed by atoms with Crippen LogP contribution in [0.3, 0.4) is 0 Å². The number of nitrogens with zero attached hydrogens (tertiary/aromatic N) is 2. The van der Waals surface area contributed by atoms with Crippen LogP contribution < -0.4 is 10.2 Å². The Morgan fingerprint density at radius 2 is 2.00 bits per heavy atom. The number of benzene rings is 1. The Morgan fingerprint density at radius 3 is 2.62 bits per heavy atom. The Kier molecular flexibility index (Phi) is 5.61. The van der Waals surface area contributed by atoms with E-state index in [-0.39, 0.29) is 25.6 Å². The summed E-state index contributed by atoms with van der Waals surface area (Å²) in [4.78, 5) is 27.8. The van der Waals surface area contributed by atoms with Crippen LogP contribution in [-0.4, -0.2) is 52.7 Å². The molecule has 0 spiro atoms. The zero-order valence-electron chi connectivity index (χ0n) is 13.8.